The molecular formula is C15H15Cl2NO. The van der Waals surface area contributed by atoms with Crippen LogP contribution in [0.1, 0.15) is 17.5 Å². The predicted molar refractivity (Wildman–Crippen MR) is 78.7 cm³/mol. The average Bonchev–Trinajstić information content (AvgIpc) is 2.42. The number of hydrogen-bond acceptors (Lipinski definition) is 2. The molecule has 0 radical (unpaired) electrons. The largest absolute Gasteiger partial charge is 0.377 e. The van der Waals surface area contributed by atoms with E-state index >= 15 is 0 Å². The van der Waals surface area contributed by atoms with Gasteiger partial charge < -0.3 is 4.74 Å². The lowest BCUT2D eigenvalue weighted by molar-refractivity contribution is 0.118. The van der Waals surface area contributed by atoms with Crippen LogP contribution < -0.4 is 0 Å². The minimum absolute atomic E-state index is 0.401. The number of aryl methyl sites for hydroxylation is 1. The summed E-state index contributed by atoms with van der Waals surface area (Å²) in [5.74, 6) is 0. The van der Waals surface area contributed by atoms with Crippen molar-refractivity contribution in [2.24, 2.45) is 0 Å². The van der Waals surface area contributed by atoms with Gasteiger partial charge in [0, 0.05) is 12.2 Å². The smallest absolute Gasteiger partial charge is 0.136 e. The normalized spacial score (nSPS) is 10.6. The third-order valence-corrected chi connectivity index (χ3v) is 3.28. The molecule has 0 saturated carbocycles. The molecule has 0 N–H and O–H groups in total. The quantitative estimate of drug-likeness (QED) is 0.577. The van der Waals surface area contributed by atoms with Gasteiger partial charge in [0.15, 0.2) is 0 Å². The standard InChI is InChI=1S/C15H15Cl2NO/c16-14-9-8-13(15(17)18-14)11-19-10-4-7-12-5-2-1-3-6-12/h1-3,5-6,8-9H,4,7,10-11H2. The topological polar surface area (TPSA) is 22.1 Å². The number of hydrogen-bond donors (Lipinski definition) is 0. The molecule has 19 heavy (non-hydrogen) atoms. The van der Waals surface area contributed by atoms with Crippen molar-refractivity contribution in [2.75, 3.05) is 6.61 Å². The lowest BCUT2D eigenvalue weighted by atomic mass is 10.1. The number of aromatic nitrogens is 1. The lowest BCUT2D eigenvalue weighted by Crippen LogP contribution is -1.99. The van der Waals surface area contributed by atoms with Gasteiger partial charge in [-0.25, -0.2) is 4.98 Å². The van der Waals surface area contributed by atoms with Gasteiger partial charge >= 0.3 is 0 Å². The zero-order valence-electron chi connectivity index (χ0n) is 10.5. The van der Waals surface area contributed by atoms with E-state index in [0.29, 0.717) is 23.5 Å². The van der Waals surface area contributed by atoms with E-state index in [1.54, 1.807) is 6.07 Å². The summed E-state index contributed by atoms with van der Waals surface area (Å²) in [5.41, 5.74) is 2.20. The van der Waals surface area contributed by atoms with Crippen molar-refractivity contribution in [1.29, 1.82) is 0 Å². The van der Waals surface area contributed by atoms with Crippen LogP contribution >= 0.6 is 23.2 Å². The average molecular weight is 296 g/mol. The molecule has 0 unspecified atom stereocenters. The van der Waals surface area contributed by atoms with E-state index < -0.39 is 0 Å². The molecule has 0 amide bonds. The Hall–Kier alpha value is -1.09. The van der Waals surface area contributed by atoms with Crippen molar-refractivity contribution in [2.45, 2.75) is 19.4 Å². The van der Waals surface area contributed by atoms with Crippen LogP contribution in [0.3, 0.4) is 0 Å². The second-order valence-corrected chi connectivity index (χ2v) is 4.97. The van der Waals surface area contributed by atoms with Crippen molar-refractivity contribution in [3.63, 3.8) is 0 Å². The van der Waals surface area contributed by atoms with Gasteiger partial charge in [-0.3, -0.25) is 0 Å². The molecule has 0 bridgehead atoms. The molecule has 0 saturated heterocycles. The van der Waals surface area contributed by atoms with E-state index in [1.165, 1.54) is 5.56 Å². The number of nitrogens with zero attached hydrogens (tertiary/aromatic N) is 1. The van der Waals surface area contributed by atoms with Gasteiger partial charge in [-0.05, 0) is 24.5 Å². The third kappa shape index (κ3) is 4.83. The Morgan fingerprint density at radius 1 is 1.00 bits per heavy atom. The first-order valence-electron chi connectivity index (χ1n) is 6.18. The monoisotopic (exact) mass is 295 g/mol. The molecule has 1 aromatic heterocycles. The van der Waals surface area contributed by atoms with Crippen molar-refractivity contribution in [1.82, 2.24) is 4.98 Å². The SMILES string of the molecule is Clc1ccc(COCCCc2ccccc2)c(Cl)n1. The van der Waals surface area contributed by atoms with Crippen LogP contribution in [0.5, 0.6) is 0 Å². The highest BCUT2D eigenvalue weighted by atomic mass is 35.5. The van der Waals surface area contributed by atoms with E-state index in [0.717, 1.165) is 18.4 Å². The van der Waals surface area contributed by atoms with Crippen LogP contribution in [0.15, 0.2) is 42.5 Å². The maximum absolute atomic E-state index is 5.96. The zero-order valence-corrected chi connectivity index (χ0v) is 12.0. The molecule has 4 heteroatoms. The highest BCUT2D eigenvalue weighted by Crippen LogP contribution is 2.17. The van der Waals surface area contributed by atoms with Gasteiger partial charge in [0.1, 0.15) is 10.3 Å². The van der Waals surface area contributed by atoms with Crippen molar-refractivity contribution in [3.05, 3.63) is 63.9 Å². The molecule has 1 heterocycles. The molecule has 2 rings (SSSR count). The molecule has 0 aliphatic heterocycles. The summed E-state index contributed by atoms with van der Waals surface area (Å²) in [6, 6.07) is 13.9. The highest BCUT2D eigenvalue weighted by Gasteiger charge is 2.02. The van der Waals surface area contributed by atoms with Crippen LogP contribution in [-0.4, -0.2) is 11.6 Å². The first-order valence-corrected chi connectivity index (χ1v) is 6.94. The minimum atomic E-state index is 0.401. The second-order valence-electron chi connectivity index (χ2n) is 4.23. The molecule has 0 atom stereocenters. The maximum Gasteiger partial charge on any atom is 0.136 e. The number of benzene rings is 1. The summed E-state index contributed by atoms with van der Waals surface area (Å²) < 4.78 is 5.59. The first-order chi connectivity index (χ1) is 9.25. The van der Waals surface area contributed by atoms with Crippen molar-refractivity contribution >= 4 is 23.2 Å². The van der Waals surface area contributed by atoms with E-state index in [2.05, 4.69) is 29.2 Å². The van der Waals surface area contributed by atoms with Crippen LogP contribution in [0.2, 0.25) is 10.3 Å². The zero-order chi connectivity index (χ0) is 13.5. The van der Waals surface area contributed by atoms with Crippen LogP contribution in [0.25, 0.3) is 0 Å². The molecule has 0 fully saturated rings. The molecule has 2 nitrogen and oxygen atoms in total. The summed E-state index contributed by atoms with van der Waals surface area (Å²) in [5, 5.41) is 0.813. The third-order valence-electron chi connectivity index (χ3n) is 2.75. The first kappa shape index (κ1) is 14.3. The van der Waals surface area contributed by atoms with Gasteiger partial charge in [0.05, 0.1) is 6.61 Å². The predicted octanol–water partition coefficient (Wildman–Crippen LogP) is 4.54. The number of halogens is 2. The van der Waals surface area contributed by atoms with Gasteiger partial charge in [-0.15, -0.1) is 0 Å². The molecule has 2 aromatic rings. The molecule has 1 aromatic carbocycles. The Labute approximate surface area is 123 Å². The van der Waals surface area contributed by atoms with Crippen LogP contribution in [-0.2, 0) is 17.8 Å². The Morgan fingerprint density at radius 2 is 1.79 bits per heavy atom. The van der Waals surface area contributed by atoms with Gasteiger partial charge in [0.2, 0.25) is 0 Å². The fourth-order valence-electron chi connectivity index (χ4n) is 1.75. The minimum Gasteiger partial charge on any atom is -0.377 e. The summed E-state index contributed by atoms with van der Waals surface area (Å²) in [6.45, 7) is 1.17. The Balaban J connectivity index is 1.69. The van der Waals surface area contributed by atoms with E-state index in [4.69, 9.17) is 27.9 Å². The molecule has 100 valence electrons. The number of pyridine rings is 1. The number of rotatable bonds is 6. The lowest BCUT2D eigenvalue weighted by Gasteiger charge is -2.06. The van der Waals surface area contributed by atoms with E-state index in [-0.39, 0.29) is 0 Å². The second kappa shape index (κ2) is 7.49. The van der Waals surface area contributed by atoms with Gasteiger partial charge in [-0.2, -0.15) is 0 Å². The maximum atomic E-state index is 5.96. The molecular weight excluding hydrogens is 281 g/mol. The summed E-state index contributed by atoms with van der Waals surface area (Å²) in [7, 11) is 0. The van der Waals surface area contributed by atoms with Crippen LogP contribution in [0.4, 0.5) is 0 Å². The fourth-order valence-corrected chi connectivity index (χ4v) is 2.15. The summed E-state index contributed by atoms with van der Waals surface area (Å²) >= 11 is 11.7. The summed E-state index contributed by atoms with van der Waals surface area (Å²) in [6.07, 6.45) is 2.01. The molecule has 0 aliphatic rings. The van der Waals surface area contributed by atoms with Crippen molar-refractivity contribution < 1.29 is 4.74 Å². The van der Waals surface area contributed by atoms with E-state index in [9.17, 15) is 0 Å². The van der Waals surface area contributed by atoms with Gasteiger partial charge in [-0.1, -0.05) is 59.6 Å². The van der Waals surface area contributed by atoms with E-state index in [1.807, 2.05) is 12.1 Å². The Kier molecular flexibility index (Phi) is 5.64. The van der Waals surface area contributed by atoms with Gasteiger partial charge in [0.25, 0.3) is 0 Å². The summed E-state index contributed by atoms with van der Waals surface area (Å²) in [4.78, 5) is 3.97. The molecule has 0 spiro atoms. The van der Waals surface area contributed by atoms with Crippen LogP contribution in [0, 0.1) is 0 Å². The number of ether oxygens (including phenoxy) is 1. The molecule has 0 aliphatic carbocycles. The highest BCUT2D eigenvalue weighted by molar-refractivity contribution is 6.32. The fraction of sp³-hybridized carbons (Fsp3) is 0.267. The van der Waals surface area contributed by atoms with Crippen molar-refractivity contribution in [3.8, 4) is 0 Å². The Bertz CT molecular complexity index is 517. The Morgan fingerprint density at radius 3 is 2.53 bits per heavy atom.